The lowest BCUT2D eigenvalue weighted by molar-refractivity contribution is 0.0746. The lowest BCUT2D eigenvalue weighted by Crippen LogP contribution is -2.49. The van der Waals surface area contributed by atoms with Crippen LogP contribution in [0.2, 0.25) is 0 Å². The zero-order chi connectivity index (χ0) is 19.6. The Morgan fingerprint density at radius 2 is 1.62 bits per heavy atom. The summed E-state index contributed by atoms with van der Waals surface area (Å²) in [6.07, 6.45) is 0. The van der Waals surface area contributed by atoms with Gasteiger partial charge in [-0.1, -0.05) is 18.2 Å². The number of carbonyl (C=O) groups excluding carboxylic acids is 1. The highest BCUT2D eigenvalue weighted by atomic mass is 16.7. The zero-order valence-electron chi connectivity index (χ0n) is 15.8. The minimum absolute atomic E-state index is 0.0782. The van der Waals surface area contributed by atoms with E-state index in [1.165, 1.54) is 0 Å². The van der Waals surface area contributed by atoms with Gasteiger partial charge in [-0.3, -0.25) is 4.79 Å². The highest BCUT2D eigenvalue weighted by Gasteiger charge is 2.23. The Balaban J connectivity index is 1.24. The number of amides is 1. The van der Waals surface area contributed by atoms with Crippen molar-refractivity contribution in [2.24, 2.45) is 0 Å². The largest absolute Gasteiger partial charge is 0.454 e. The minimum atomic E-state index is 0.0782. The molecule has 7 heteroatoms. The van der Waals surface area contributed by atoms with Gasteiger partial charge in [0.05, 0.1) is 5.69 Å². The molecular formula is C22H20N4O3. The number of hydrogen-bond acceptors (Lipinski definition) is 6. The van der Waals surface area contributed by atoms with Crippen molar-refractivity contribution in [1.29, 1.82) is 0 Å². The van der Waals surface area contributed by atoms with E-state index < -0.39 is 0 Å². The molecule has 0 saturated carbocycles. The van der Waals surface area contributed by atoms with Crippen LogP contribution in [0.4, 0.5) is 5.82 Å². The van der Waals surface area contributed by atoms with E-state index in [9.17, 15) is 4.79 Å². The molecule has 0 unspecified atom stereocenters. The van der Waals surface area contributed by atoms with Gasteiger partial charge in [-0.2, -0.15) is 0 Å². The number of benzene rings is 2. The maximum absolute atomic E-state index is 12.6. The molecule has 7 nitrogen and oxygen atoms in total. The molecule has 0 N–H and O–H groups in total. The normalized spacial score (nSPS) is 15.4. The van der Waals surface area contributed by atoms with Crippen LogP contribution in [-0.4, -0.2) is 54.0 Å². The van der Waals surface area contributed by atoms with Gasteiger partial charge in [-0.25, -0.2) is 0 Å². The molecule has 0 aliphatic carbocycles. The first-order chi connectivity index (χ1) is 14.3. The van der Waals surface area contributed by atoms with E-state index in [0.717, 1.165) is 47.2 Å². The molecule has 1 aromatic heterocycles. The second-order valence-electron chi connectivity index (χ2n) is 6.99. The van der Waals surface area contributed by atoms with Crippen LogP contribution in [0.3, 0.4) is 0 Å². The molecule has 2 aliphatic rings. The van der Waals surface area contributed by atoms with E-state index in [1.807, 2.05) is 65.6 Å². The number of nitrogens with zero attached hydrogens (tertiary/aromatic N) is 4. The number of piperazine rings is 1. The molecule has 1 saturated heterocycles. The molecule has 0 atom stereocenters. The van der Waals surface area contributed by atoms with Crippen molar-refractivity contribution in [3.8, 4) is 22.8 Å². The van der Waals surface area contributed by atoms with E-state index in [1.54, 1.807) is 0 Å². The van der Waals surface area contributed by atoms with Gasteiger partial charge in [-0.05, 0) is 42.5 Å². The van der Waals surface area contributed by atoms with E-state index in [0.29, 0.717) is 13.1 Å². The van der Waals surface area contributed by atoms with E-state index in [4.69, 9.17) is 9.47 Å². The van der Waals surface area contributed by atoms with Gasteiger partial charge in [0.15, 0.2) is 17.3 Å². The van der Waals surface area contributed by atoms with Crippen molar-refractivity contribution in [1.82, 2.24) is 15.1 Å². The summed E-state index contributed by atoms with van der Waals surface area (Å²) in [5, 5.41) is 8.78. The quantitative estimate of drug-likeness (QED) is 0.687. The molecule has 2 aromatic carbocycles. The van der Waals surface area contributed by atoms with Gasteiger partial charge in [0, 0.05) is 37.3 Å². The zero-order valence-corrected chi connectivity index (χ0v) is 15.8. The summed E-state index contributed by atoms with van der Waals surface area (Å²) in [5.41, 5.74) is 2.45. The second-order valence-corrected chi connectivity index (χ2v) is 6.99. The Morgan fingerprint density at radius 1 is 0.828 bits per heavy atom. The molecule has 3 aromatic rings. The van der Waals surface area contributed by atoms with Crippen LogP contribution in [0.5, 0.6) is 11.5 Å². The van der Waals surface area contributed by atoms with Crippen molar-refractivity contribution in [2.45, 2.75) is 0 Å². The first-order valence-corrected chi connectivity index (χ1v) is 9.61. The number of rotatable bonds is 3. The van der Waals surface area contributed by atoms with Crippen LogP contribution in [0.15, 0.2) is 60.7 Å². The fourth-order valence-electron chi connectivity index (χ4n) is 3.61. The van der Waals surface area contributed by atoms with Crippen LogP contribution in [-0.2, 0) is 0 Å². The van der Waals surface area contributed by atoms with Crippen molar-refractivity contribution in [2.75, 3.05) is 37.9 Å². The van der Waals surface area contributed by atoms with Gasteiger partial charge in [0.1, 0.15) is 0 Å². The summed E-state index contributed by atoms with van der Waals surface area (Å²) in [6, 6.07) is 19.1. The molecule has 1 amide bonds. The number of ether oxygens (including phenoxy) is 2. The van der Waals surface area contributed by atoms with Gasteiger partial charge in [0.2, 0.25) is 6.79 Å². The molecule has 0 radical (unpaired) electrons. The topological polar surface area (TPSA) is 67.8 Å². The summed E-state index contributed by atoms with van der Waals surface area (Å²) in [5.74, 6) is 2.38. The summed E-state index contributed by atoms with van der Waals surface area (Å²) < 4.78 is 10.8. The first kappa shape index (κ1) is 17.5. The first-order valence-electron chi connectivity index (χ1n) is 9.61. The molecule has 3 heterocycles. The average molecular weight is 388 g/mol. The maximum atomic E-state index is 12.6. The van der Waals surface area contributed by atoms with Crippen LogP contribution in [0.25, 0.3) is 11.3 Å². The predicted octanol–water partition coefficient (Wildman–Crippen LogP) is 2.83. The molecule has 0 spiro atoms. The summed E-state index contributed by atoms with van der Waals surface area (Å²) in [7, 11) is 0. The molecule has 1 fully saturated rings. The SMILES string of the molecule is O=C(c1ccccc1)N1CCN(c2ccc(-c3ccc4c(c3)OCO4)nn2)CC1. The Hall–Kier alpha value is -3.61. The van der Waals surface area contributed by atoms with Crippen LogP contribution in [0.1, 0.15) is 10.4 Å². The summed E-state index contributed by atoms with van der Waals surface area (Å²) >= 11 is 0. The minimum Gasteiger partial charge on any atom is -0.454 e. The number of carbonyl (C=O) groups is 1. The van der Waals surface area contributed by atoms with Crippen molar-refractivity contribution in [3.05, 3.63) is 66.2 Å². The molecule has 29 heavy (non-hydrogen) atoms. The van der Waals surface area contributed by atoms with Gasteiger partial charge in [0.25, 0.3) is 5.91 Å². The Morgan fingerprint density at radius 3 is 2.38 bits per heavy atom. The smallest absolute Gasteiger partial charge is 0.253 e. The lowest BCUT2D eigenvalue weighted by atomic mass is 10.1. The molecule has 2 aliphatic heterocycles. The maximum Gasteiger partial charge on any atom is 0.253 e. The van der Waals surface area contributed by atoms with E-state index in [-0.39, 0.29) is 12.7 Å². The summed E-state index contributed by atoms with van der Waals surface area (Å²) in [6.45, 7) is 3.05. The number of fused-ring (bicyclic) bond motifs is 1. The number of hydrogen-bond donors (Lipinski definition) is 0. The highest BCUT2D eigenvalue weighted by Crippen LogP contribution is 2.35. The van der Waals surface area contributed by atoms with Crippen LogP contribution in [0, 0.1) is 0 Å². The standard InChI is InChI=1S/C22H20N4O3/c27-22(16-4-2-1-3-5-16)26-12-10-25(11-13-26)21-9-7-18(23-24-21)17-6-8-19-20(14-17)29-15-28-19/h1-9,14H,10-13,15H2. The number of aromatic nitrogens is 2. The third kappa shape index (κ3) is 3.47. The van der Waals surface area contributed by atoms with Crippen LogP contribution < -0.4 is 14.4 Å². The van der Waals surface area contributed by atoms with Crippen molar-refractivity contribution >= 4 is 11.7 Å². The fourth-order valence-corrected chi connectivity index (χ4v) is 3.61. The molecule has 5 rings (SSSR count). The Labute approximate surface area is 168 Å². The highest BCUT2D eigenvalue weighted by molar-refractivity contribution is 5.94. The lowest BCUT2D eigenvalue weighted by Gasteiger charge is -2.35. The molecular weight excluding hydrogens is 368 g/mol. The van der Waals surface area contributed by atoms with Gasteiger partial charge in [-0.15, -0.1) is 10.2 Å². The average Bonchev–Trinajstić information content (AvgIpc) is 3.27. The Kier molecular flexibility index (Phi) is 4.48. The van der Waals surface area contributed by atoms with Crippen molar-refractivity contribution < 1.29 is 14.3 Å². The molecule has 146 valence electrons. The fraction of sp³-hybridized carbons (Fsp3) is 0.227. The molecule has 0 bridgehead atoms. The van der Waals surface area contributed by atoms with Crippen LogP contribution >= 0.6 is 0 Å². The predicted molar refractivity (Wildman–Crippen MR) is 108 cm³/mol. The summed E-state index contributed by atoms with van der Waals surface area (Å²) in [4.78, 5) is 16.6. The number of anilines is 1. The second kappa shape index (κ2) is 7.43. The third-order valence-electron chi connectivity index (χ3n) is 5.23. The van der Waals surface area contributed by atoms with Gasteiger partial charge >= 0.3 is 0 Å². The van der Waals surface area contributed by atoms with E-state index in [2.05, 4.69) is 15.1 Å². The third-order valence-corrected chi connectivity index (χ3v) is 5.23. The monoisotopic (exact) mass is 388 g/mol. The van der Waals surface area contributed by atoms with Gasteiger partial charge < -0.3 is 19.3 Å². The van der Waals surface area contributed by atoms with Crippen molar-refractivity contribution in [3.63, 3.8) is 0 Å². The Bertz CT molecular complexity index is 1020. The van der Waals surface area contributed by atoms with E-state index >= 15 is 0 Å².